The fourth-order valence-corrected chi connectivity index (χ4v) is 4.10. The minimum atomic E-state index is -0.263. The molecule has 0 aliphatic heterocycles. The van der Waals surface area contributed by atoms with Crippen LogP contribution in [0.25, 0.3) is 10.1 Å². The predicted octanol–water partition coefficient (Wildman–Crippen LogP) is 4.20. The molecule has 0 spiro atoms. The van der Waals surface area contributed by atoms with E-state index in [1.807, 2.05) is 13.0 Å². The number of fused-ring (bicyclic) bond motifs is 1. The molecular weight excluding hydrogens is 311 g/mol. The number of aryl methyl sites for hydroxylation is 1. The zero-order valence-corrected chi connectivity index (χ0v) is 15.3. The summed E-state index contributed by atoms with van der Waals surface area (Å²) in [5, 5.41) is 3.53. The molecule has 0 aliphatic carbocycles. The van der Waals surface area contributed by atoms with E-state index in [1.54, 1.807) is 6.07 Å². The van der Waals surface area contributed by atoms with E-state index in [0.717, 1.165) is 16.8 Å². The molecule has 2 rings (SSSR count). The largest absolute Gasteiger partial charge is 0.350 e. The van der Waals surface area contributed by atoms with Crippen molar-refractivity contribution in [3.05, 3.63) is 34.5 Å². The Morgan fingerprint density at radius 1 is 1.26 bits per heavy atom. The van der Waals surface area contributed by atoms with Crippen molar-refractivity contribution in [3.63, 3.8) is 0 Å². The van der Waals surface area contributed by atoms with Crippen LogP contribution in [0.15, 0.2) is 18.2 Å². The number of thiophene rings is 1. The Balaban J connectivity index is 2.07. The first-order valence-corrected chi connectivity index (χ1v) is 8.86. The molecule has 1 N–H and O–H groups in total. The fraction of sp³-hybridized carbons (Fsp3) is 0.500. The van der Waals surface area contributed by atoms with Gasteiger partial charge in [0.05, 0.1) is 4.88 Å². The van der Waals surface area contributed by atoms with Crippen LogP contribution >= 0.6 is 11.3 Å². The number of amides is 1. The Kier molecular flexibility index (Phi) is 5.76. The summed E-state index contributed by atoms with van der Waals surface area (Å²) in [4.78, 5) is 15.4. The molecule has 1 aromatic heterocycles. The lowest BCUT2D eigenvalue weighted by Gasteiger charge is -2.30. The average Bonchev–Trinajstić information content (AvgIpc) is 2.81. The molecule has 0 atom stereocenters. The Hall–Kier alpha value is -1.46. The van der Waals surface area contributed by atoms with Crippen molar-refractivity contribution in [3.8, 4) is 0 Å². The monoisotopic (exact) mass is 336 g/mol. The molecule has 0 radical (unpaired) electrons. The topological polar surface area (TPSA) is 32.3 Å². The second kappa shape index (κ2) is 7.41. The van der Waals surface area contributed by atoms with Gasteiger partial charge in [0.1, 0.15) is 5.82 Å². The van der Waals surface area contributed by atoms with E-state index in [2.05, 4.69) is 37.9 Å². The van der Waals surface area contributed by atoms with E-state index in [9.17, 15) is 9.18 Å². The van der Waals surface area contributed by atoms with Crippen molar-refractivity contribution in [1.82, 2.24) is 10.2 Å². The summed E-state index contributed by atoms with van der Waals surface area (Å²) >= 11 is 1.35. The predicted molar refractivity (Wildman–Crippen MR) is 95.8 cm³/mol. The number of nitrogens with zero attached hydrogens (tertiary/aromatic N) is 1. The highest BCUT2D eigenvalue weighted by molar-refractivity contribution is 7.21. The number of carbonyl (C=O) groups is 1. The number of benzene rings is 1. The summed E-state index contributed by atoms with van der Waals surface area (Å²) in [7, 11) is 0. The first-order chi connectivity index (χ1) is 10.8. The Bertz CT molecular complexity index is 686. The third kappa shape index (κ3) is 3.90. The fourth-order valence-electron chi connectivity index (χ4n) is 2.96. The number of hydrogen-bond acceptors (Lipinski definition) is 3. The third-order valence-corrected chi connectivity index (χ3v) is 5.35. The summed E-state index contributed by atoms with van der Waals surface area (Å²) in [6.07, 6.45) is 0. The molecule has 23 heavy (non-hydrogen) atoms. The smallest absolute Gasteiger partial charge is 0.261 e. The first kappa shape index (κ1) is 17.9. The maximum atomic E-state index is 13.9. The van der Waals surface area contributed by atoms with Crippen LogP contribution in [0.5, 0.6) is 0 Å². The van der Waals surface area contributed by atoms with Crippen LogP contribution in [0, 0.1) is 12.7 Å². The Morgan fingerprint density at radius 2 is 1.91 bits per heavy atom. The lowest BCUT2D eigenvalue weighted by Crippen LogP contribution is -2.42. The van der Waals surface area contributed by atoms with Crippen molar-refractivity contribution in [1.29, 1.82) is 0 Å². The van der Waals surface area contributed by atoms with Gasteiger partial charge < -0.3 is 5.32 Å². The Morgan fingerprint density at radius 3 is 2.48 bits per heavy atom. The van der Waals surface area contributed by atoms with Gasteiger partial charge in [0.2, 0.25) is 0 Å². The molecule has 2 aromatic rings. The van der Waals surface area contributed by atoms with Crippen molar-refractivity contribution < 1.29 is 9.18 Å². The van der Waals surface area contributed by atoms with Gasteiger partial charge in [0.25, 0.3) is 5.91 Å². The lowest BCUT2D eigenvalue weighted by molar-refractivity contribution is 0.0943. The molecule has 5 heteroatoms. The van der Waals surface area contributed by atoms with E-state index in [0.29, 0.717) is 28.9 Å². The van der Waals surface area contributed by atoms with Gasteiger partial charge in [0.15, 0.2) is 0 Å². The van der Waals surface area contributed by atoms with Crippen LogP contribution in [0.4, 0.5) is 4.39 Å². The molecule has 1 amide bonds. The van der Waals surface area contributed by atoms with Crippen molar-refractivity contribution in [2.75, 3.05) is 13.1 Å². The van der Waals surface area contributed by atoms with Crippen LogP contribution in [-0.4, -0.2) is 36.0 Å². The number of hydrogen-bond donors (Lipinski definition) is 1. The molecular formula is C18H25FN2OS. The third-order valence-electron chi connectivity index (χ3n) is 4.09. The lowest BCUT2D eigenvalue weighted by atomic mass is 10.1. The molecule has 0 fully saturated rings. The van der Waals surface area contributed by atoms with Gasteiger partial charge in [-0.05, 0) is 52.3 Å². The van der Waals surface area contributed by atoms with Crippen LogP contribution in [0.2, 0.25) is 0 Å². The molecule has 3 nitrogen and oxygen atoms in total. The Labute approximate surface area is 141 Å². The summed E-state index contributed by atoms with van der Waals surface area (Å²) in [6.45, 7) is 11.8. The highest BCUT2D eigenvalue weighted by Crippen LogP contribution is 2.32. The molecule has 0 aliphatic rings. The van der Waals surface area contributed by atoms with Gasteiger partial charge in [-0.15, -0.1) is 11.3 Å². The SMILES string of the molecule is Cc1c(C(=O)NCCN(C(C)C)C(C)C)sc2cccc(F)c12. The van der Waals surface area contributed by atoms with Gasteiger partial charge >= 0.3 is 0 Å². The van der Waals surface area contributed by atoms with E-state index in [-0.39, 0.29) is 11.7 Å². The zero-order chi connectivity index (χ0) is 17.1. The quantitative estimate of drug-likeness (QED) is 0.857. The minimum Gasteiger partial charge on any atom is -0.350 e. The van der Waals surface area contributed by atoms with Gasteiger partial charge in [-0.1, -0.05) is 6.07 Å². The number of nitrogens with one attached hydrogen (secondary N) is 1. The molecule has 0 unspecified atom stereocenters. The second-order valence-electron chi connectivity index (χ2n) is 6.35. The molecule has 0 saturated carbocycles. The van der Waals surface area contributed by atoms with E-state index in [4.69, 9.17) is 0 Å². The molecule has 1 heterocycles. The van der Waals surface area contributed by atoms with E-state index >= 15 is 0 Å². The van der Waals surface area contributed by atoms with Crippen LogP contribution in [-0.2, 0) is 0 Å². The molecule has 0 saturated heterocycles. The van der Waals surface area contributed by atoms with Crippen molar-refractivity contribution in [2.45, 2.75) is 46.7 Å². The van der Waals surface area contributed by atoms with Crippen LogP contribution in [0.3, 0.4) is 0 Å². The summed E-state index contributed by atoms with van der Waals surface area (Å²) in [5.74, 6) is -0.378. The second-order valence-corrected chi connectivity index (χ2v) is 7.40. The summed E-state index contributed by atoms with van der Waals surface area (Å²) in [6, 6.07) is 5.84. The van der Waals surface area contributed by atoms with Crippen molar-refractivity contribution >= 4 is 27.3 Å². The van der Waals surface area contributed by atoms with Crippen molar-refractivity contribution in [2.24, 2.45) is 0 Å². The number of rotatable bonds is 6. The first-order valence-electron chi connectivity index (χ1n) is 8.04. The maximum absolute atomic E-state index is 13.9. The van der Waals surface area contributed by atoms with E-state index < -0.39 is 0 Å². The van der Waals surface area contributed by atoms with Crippen LogP contribution in [0.1, 0.15) is 42.9 Å². The number of carbonyl (C=O) groups excluding carboxylic acids is 1. The molecule has 126 valence electrons. The van der Waals surface area contributed by atoms with Gasteiger partial charge in [-0.2, -0.15) is 0 Å². The summed E-state index contributed by atoms with van der Waals surface area (Å²) in [5.41, 5.74) is 0.727. The number of halogens is 1. The van der Waals surface area contributed by atoms with Gasteiger partial charge in [-0.3, -0.25) is 9.69 Å². The average molecular weight is 336 g/mol. The minimum absolute atomic E-state index is 0.115. The highest BCUT2D eigenvalue weighted by atomic mass is 32.1. The molecule has 1 aromatic carbocycles. The standard InChI is InChI=1S/C18H25FN2OS/c1-11(2)21(12(3)4)10-9-20-18(22)17-13(5)16-14(19)7-6-8-15(16)23-17/h6-8,11-12H,9-10H2,1-5H3,(H,20,22). The summed E-state index contributed by atoms with van der Waals surface area (Å²) < 4.78 is 14.7. The highest BCUT2D eigenvalue weighted by Gasteiger charge is 2.18. The molecule has 0 bridgehead atoms. The van der Waals surface area contributed by atoms with Gasteiger partial charge in [-0.25, -0.2) is 4.39 Å². The van der Waals surface area contributed by atoms with E-state index in [1.165, 1.54) is 17.4 Å². The zero-order valence-electron chi connectivity index (χ0n) is 14.4. The van der Waals surface area contributed by atoms with Crippen LogP contribution < -0.4 is 5.32 Å². The van der Waals surface area contributed by atoms with Gasteiger partial charge in [0, 0.05) is 35.3 Å². The normalized spacial score (nSPS) is 11.9. The maximum Gasteiger partial charge on any atom is 0.261 e.